The number of para-hydroxylation sites is 1. The number of fused-ring (bicyclic) bond motifs is 3. The van der Waals surface area contributed by atoms with Gasteiger partial charge in [0.05, 0.1) is 6.42 Å². The zero-order valence-electron chi connectivity index (χ0n) is 17.9. The summed E-state index contributed by atoms with van der Waals surface area (Å²) in [5, 5.41) is 3.68. The van der Waals surface area contributed by atoms with Gasteiger partial charge in [-0.2, -0.15) is 0 Å². The number of rotatable bonds is 2. The Bertz CT molecular complexity index is 861. The van der Waals surface area contributed by atoms with Crippen molar-refractivity contribution in [1.29, 1.82) is 0 Å². The third-order valence-electron chi connectivity index (χ3n) is 6.74. The van der Waals surface area contributed by atoms with E-state index in [1.54, 1.807) is 0 Å². The van der Waals surface area contributed by atoms with Crippen molar-refractivity contribution in [1.82, 2.24) is 9.80 Å². The molecule has 4 rings (SSSR count). The van der Waals surface area contributed by atoms with E-state index in [1.807, 2.05) is 0 Å². The standard InChI is InChI=1S/C25H33N3O/c1-18-7-9-20(10-8-18)15-24(29)28-16-21-6-4-5-19(2)25(21)26-14-13-22-11-12-23(17-28)27(22)3/h4-10,22-23,26H,11-17H2,1-3H3. The number of carbonyl (C=O) groups excluding carboxylic acids is 1. The van der Waals surface area contributed by atoms with E-state index in [0.29, 0.717) is 25.0 Å². The Morgan fingerprint density at radius 1 is 1.03 bits per heavy atom. The highest BCUT2D eigenvalue weighted by atomic mass is 16.2. The first-order chi connectivity index (χ1) is 14.0. The fourth-order valence-electron chi connectivity index (χ4n) is 4.84. The second kappa shape index (κ2) is 8.58. The SMILES string of the molecule is Cc1ccc(CC(=O)N2Cc3cccc(C)c3NCCC3CCC(C2)N3C)cc1. The van der Waals surface area contributed by atoms with Gasteiger partial charge in [-0.15, -0.1) is 0 Å². The van der Waals surface area contributed by atoms with Crippen molar-refractivity contribution < 1.29 is 4.79 Å². The van der Waals surface area contributed by atoms with Crippen LogP contribution < -0.4 is 5.32 Å². The molecule has 1 fully saturated rings. The lowest BCUT2D eigenvalue weighted by molar-refractivity contribution is -0.131. The zero-order valence-corrected chi connectivity index (χ0v) is 17.9. The van der Waals surface area contributed by atoms with Gasteiger partial charge in [0.2, 0.25) is 5.91 Å². The average molecular weight is 392 g/mol. The highest BCUT2D eigenvalue weighted by molar-refractivity contribution is 5.79. The maximum Gasteiger partial charge on any atom is 0.227 e. The molecule has 2 aliphatic heterocycles. The number of anilines is 1. The molecule has 1 saturated heterocycles. The molecule has 1 N–H and O–H groups in total. The number of nitrogens with one attached hydrogen (secondary N) is 1. The minimum atomic E-state index is 0.220. The fourth-order valence-corrected chi connectivity index (χ4v) is 4.84. The first-order valence-corrected chi connectivity index (χ1v) is 10.9. The van der Waals surface area contributed by atoms with Crippen molar-refractivity contribution in [3.63, 3.8) is 0 Å². The maximum atomic E-state index is 13.4. The van der Waals surface area contributed by atoms with Crippen LogP contribution in [0.15, 0.2) is 42.5 Å². The average Bonchev–Trinajstić information content (AvgIpc) is 3.02. The molecule has 0 spiro atoms. The molecule has 0 saturated carbocycles. The van der Waals surface area contributed by atoms with Crippen molar-refractivity contribution in [2.45, 2.75) is 58.2 Å². The van der Waals surface area contributed by atoms with Gasteiger partial charge in [-0.1, -0.05) is 48.0 Å². The molecule has 4 heteroatoms. The summed E-state index contributed by atoms with van der Waals surface area (Å²) in [4.78, 5) is 18.0. The van der Waals surface area contributed by atoms with E-state index < -0.39 is 0 Å². The lowest BCUT2D eigenvalue weighted by Crippen LogP contribution is -2.43. The van der Waals surface area contributed by atoms with Crippen LogP contribution in [0.3, 0.4) is 0 Å². The van der Waals surface area contributed by atoms with E-state index in [-0.39, 0.29) is 5.91 Å². The highest BCUT2D eigenvalue weighted by Gasteiger charge is 2.33. The molecule has 154 valence electrons. The summed E-state index contributed by atoms with van der Waals surface area (Å²) in [7, 11) is 2.24. The Hall–Kier alpha value is -2.33. The molecule has 1 amide bonds. The molecule has 2 bridgehead atoms. The lowest BCUT2D eigenvalue weighted by atomic mass is 10.0. The molecule has 4 nitrogen and oxygen atoms in total. The second-order valence-electron chi connectivity index (χ2n) is 8.81. The minimum absolute atomic E-state index is 0.220. The van der Waals surface area contributed by atoms with Gasteiger partial charge in [0.1, 0.15) is 0 Å². The summed E-state index contributed by atoms with van der Waals surface area (Å²) in [5.41, 5.74) is 6.01. The number of likely N-dealkylation sites (N-methyl/N-ethyl adjacent to an activating group) is 1. The van der Waals surface area contributed by atoms with Gasteiger partial charge >= 0.3 is 0 Å². The number of aryl methyl sites for hydroxylation is 2. The first kappa shape index (κ1) is 20.0. The quantitative estimate of drug-likeness (QED) is 0.835. The van der Waals surface area contributed by atoms with E-state index in [0.717, 1.165) is 25.1 Å². The van der Waals surface area contributed by atoms with Gasteiger partial charge < -0.3 is 10.2 Å². The number of carbonyl (C=O) groups is 1. The highest BCUT2D eigenvalue weighted by Crippen LogP contribution is 2.29. The van der Waals surface area contributed by atoms with E-state index in [9.17, 15) is 4.79 Å². The Kier molecular flexibility index (Phi) is 5.91. The molecule has 2 unspecified atom stereocenters. The molecule has 2 atom stereocenters. The number of benzene rings is 2. The molecule has 2 aromatic carbocycles. The fraction of sp³-hybridized carbons (Fsp3) is 0.480. The Labute approximate surface area is 174 Å². The molecule has 0 radical (unpaired) electrons. The summed E-state index contributed by atoms with van der Waals surface area (Å²) in [6.07, 6.45) is 4.02. The van der Waals surface area contributed by atoms with E-state index >= 15 is 0 Å². The topological polar surface area (TPSA) is 35.6 Å². The number of nitrogens with zero attached hydrogens (tertiary/aromatic N) is 2. The van der Waals surface area contributed by atoms with Crippen LogP contribution in [0.25, 0.3) is 0 Å². The molecule has 29 heavy (non-hydrogen) atoms. The Morgan fingerprint density at radius 3 is 2.59 bits per heavy atom. The maximum absolute atomic E-state index is 13.4. The van der Waals surface area contributed by atoms with Crippen LogP contribution in [-0.4, -0.2) is 47.9 Å². The largest absolute Gasteiger partial charge is 0.384 e. The Balaban J connectivity index is 1.62. The normalized spacial score (nSPS) is 22.5. The summed E-state index contributed by atoms with van der Waals surface area (Å²) < 4.78 is 0. The molecule has 2 aromatic rings. The van der Waals surface area contributed by atoms with Crippen molar-refractivity contribution >= 4 is 11.6 Å². The smallest absolute Gasteiger partial charge is 0.227 e. The van der Waals surface area contributed by atoms with Gasteiger partial charge in [-0.05, 0) is 56.8 Å². The van der Waals surface area contributed by atoms with Gasteiger partial charge in [0.15, 0.2) is 0 Å². The van der Waals surface area contributed by atoms with E-state index in [1.165, 1.54) is 35.2 Å². The molecule has 0 aliphatic carbocycles. The van der Waals surface area contributed by atoms with Crippen LogP contribution in [0, 0.1) is 13.8 Å². The third kappa shape index (κ3) is 4.48. The Morgan fingerprint density at radius 2 is 1.79 bits per heavy atom. The molecular weight excluding hydrogens is 358 g/mol. The van der Waals surface area contributed by atoms with Crippen molar-refractivity contribution in [2.75, 3.05) is 25.5 Å². The van der Waals surface area contributed by atoms with Gasteiger partial charge in [-0.25, -0.2) is 0 Å². The summed E-state index contributed by atoms with van der Waals surface area (Å²) >= 11 is 0. The zero-order chi connectivity index (χ0) is 20.4. The lowest BCUT2D eigenvalue weighted by Gasteiger charge is -2.31. The van der Waals surface area contributed by atoms with Gasteiger partial charge in [0.25, 0.3) is 0 Å². The van der Waals surface area contributed by atoms with Crippen LogP contribution >= 0.6 is 0 Å². The number of hydrogen-bond acceptors (Lipinski definition) is 3. The van der Waals surface area contributed by atoms with E-state index in [2.05, 4.69) is 78.5 Å². The van der Waals surface area contributed by atoms with Crippen molar-refractivity contribution in [2.24, 2.45) is 0 Å². The van der Waals surface area contributed by atoms with Gasteiger partial charge in [0, 0.05) is 37.4 Å². The second-order valence-corrected chi connectivity index (χ2v) is 8.81. The van der Waals surface area contributed by atoms with Crippen LogP contribution in [-0.2, 0) is 17.8 Å². The molecule has 0 aromatic heterocycles. The van der Waals surface area contributed by atoms with Crippen LogP contribution in [0.5, 0.6) is 0 Å². The van der Waals surface area contributed by atoms with Crippen LogP contribution in [0.2, 0.25) is 0 Å². The number of hydrogen-bond donors (Lipinski definition) is 1. The number of amides is 1. The van der Waals surface area contributed by atoms with Gasteiger partial charge in [-0.3, -0.25) is 9.69 Å². The molecule has 2 heterocycles. The third-order valence-corrected chi connectivity index (χ3v) is 6.74. The summed E-state index contributed by atoms with van der Waals surface area (Å²) in [5.74, 6) is 0.220. The molecule has 2 aliphatic rings. The summed E-state index contributed by atoms with van der Waals surface area (Å²) in [6, 6.07) is 15.8. The van der Waals surface area contributed by atoms with Crippen molar-refractivity contribution in [3.8, 4) is 0 Å². The van der Waals surface area contributed by atoms with Crippen LogP contribution in [0.4, 0.5) is 5.69 Å². The predicted octanol–water partition coefficient (Wildman–Crippen LogP) is 4.15. The minimum Gasteiger partial charge on any atom is -0.384 e. The monoisotopic (exact) mass is 391 g/mol. The van der Waals surface area contributed by atoms with Crippen LogP contribution in [0.1, 0.15) is 41.5 Å². The predicted molar refractivity (Wildman–Crippen MR) is 119 cm³/mol. The van der Waals surface area contributed by atoms with Crippen molar-refractivity contribution in [3.05, 3.63) is 64.7 Å². The first-order valence-electron chi connectivity index (χ1n) is 10.9. The van der Waals surface area contributed by atoms with E-state index in [4.69, 9.17) is 0 Å². The molecular formula is C25H33N3O. The summed E-state index contributed by atoms with van der Waals surface area (Å²) in [6.45, 7) is 6.70.